The van der Waals surface area contributed by atoms with Crippen molar-refractivity contribution in [3.05, 3.63) is 59.7 Å². The summed E-state index contributed by atoms with van der Waals surface area (Å²) in [6, 6.07) is 16.2. The molecular formula is C19H26N2O2. The van der Waals surface area contributed by atoms with E-state index in [0.29, 0.717) is 6.17 Å². The van der Waals surface area contributed by atoms with Gasteiger partial charge in [0.05, 0.1) is 20.4 Å². The van der Waals surface area contributed by atoms with E-state index in [-0.39, 0.29) is 0 Å². The highest BCUT2D eigenvalue weighted by Crippen LogP contribution is 2.12. The van der Waals surface area contributed by atoms with Gasteiger partial charge in [-0.25, -0.2) is 0 Å². The molecule has 1 aliphatic heterocycles. The summed E-state index contributed by atoms with van der Waals surface area (Å²) in [5, 5.41) is 6.78. The lowest BCUT2D eigenvalue weighted by Gasteiger charge is -2.10. The van der Waals surface area contributed by atoms with Crippen LogP contribution in [0.1, 0.15) is 11.1 Å². The summed E-state index contributed by atoms with van der Waals surface area (Å²) in [5.41, 5.74) is 2.59. The number of hydrogen-bond acceptors (Lipinski definition) is 4. The Labute approximate surface area is 138 Å². The smallest absolute Gasteiger partial charge is 0.118 e. The summed E-state index contributed by atoms with van der Waals surface area (Å²) >= 11 is 0. The molecule has 1 saturated heterocycles. The predicted molar refractivity (Wildman–Crippen MR) is 94.2 cm³/mol. The maximum Gasteiger partial charge on any atom is 0.118 e. The van der Waals surface area contributed by atoms with Crippen molar-refractivity contribution in [2.75, 3.05) is 27.3 Å². The van der Waals surface area contributed by atoms with E-state index in [1.165, 1.54) is 11.1 Å². The third-order valence-electron chi connectivity index (χ3n) is 3.76. The molecule has 0 aliphatic carbocycles. The number of rotatable bonds is 4. The van der Waals surface area contributed by atoms with Crippen LogP contribution in [0.25, 0.3) is 0 Å². The van der Waals surface area contributed by atoms with Gasteiger partial charge >= 0.3 is 0 Å². The molecular weight excluding hydrogens is 288 g/mol. The van der Waals surface area contributed by atoms with E-state index in [0.717, 1.165) is 31.0 Å². The Morgan fingerprint density at radius 2 is 1.30 bits per heavy atom. The fourth-order valence-electron chi connectivity index (χ4n) is 2.38. The summed E-state index contributed by atoms with van der Waals surface area (Å²) < 4.78 is 10.1. The molecule has 2 N–H and O–H groups in total. The SMILES string of the molecule is COc1ccc(C)cc1.COc1ccc(CC2NCCN2)cc1. The van der Waals surface area contributed by atoms with Crippen LogP contribution < -0.4 is 20.1 Å². The summed E-state index contributed by atoms with van der Waals surface area (Å²) in [5.74, 6) is 1.83. The highest BCUT2D eigenvalue weighted by Gasteiger charge is 2.12. The van der Waals surface area contributed by atoms with Crippen molar-refractivity contribution < 1.29 is 9.47 Å². The summed E-state index contributed by atoms with van der Waals surface area (Å²) in [6.45, 7) is 4.20. The van der Waals surface area contributed by atoms with Crippen molar-refractivity contribution in [2.45, 2.75) is 19.5 Å². The van der Waals surface area contributed by atoms with Crippen molar-refractivity contribution in [1.29, 1.82) is 0 Å². The van der Waals surface area contributed by atoms with Crippen LogP contribution in [0.3, 0.4) is 0 Å². The van der Waals surface area contributed by atoms with Gasteiger partial charge < -0.3 is 20.1 Å². The maximum atomic E-state index is 5.11. The van der Waals surface area contributed by atoms with Crippen LogP contribution in [0.5, 0.6) is 11.5 Å². The standard InChI is InChI=1S/C11H16N2O.C8H10O/c1-14-10-4-2-9(3-5-10)8-11-12-6-7-13-11;1-7-3-5-8(9-2)6-4-7/h2-5,11-13H,6-8H2,1H3;3-6H,1-2H3. The molecule has 0 aromatic heterocycles. The largest absolute Gasteiger partial charge is 0.497 e. The Morgan fingerprint density at radius 1 is 0.826 bits per heavy atom. The van der Waals surface area contributed by atoms with Crippen LogP contribution >= 0.6 is 0 Å². The van der Waals surface area contributed by atoms with Crippen molar-refractivity contribution >= 4 is 0 Å². The zero-order chi connectivity index (χ0) is 16.5. The lowest BCUT2D eigenvalue weighted by molar-refractivity contribution is 0.414. The van der Waals surface area contributed by atoms with Crippen molar-refractivity contribution in [3.63, 3.8) is 0 Å². The number of ether oxygens (including phenoxy) is 2. The van der Waals surface area contributed by atoms with Gasteiger partial charge in [0.1, 0.15) is 11.5 Å². The van der Waals surface area contributed by atoms with E-state index in [2.05, 4.69) is 29.7 Å². The predicted octanol–water partition coefficient (Wildman–Crippen LogP) is 2.76. The number of methoxy groups -OCH3 is 2. The van der Waals surface area contributed by atoms with Crippen LogP contribution in [0, 0.1) is 6.92 Å². The zero-order valence-corrected chi connectivity index (χ0v) is 14.1. The monoisotopic (exact) mass is 314 g/mol. The number of hydrogen-bond donors (Lipinski definition) is 2. The van der Waals surface area contributed by atoms with Crippen LogP contribution in [0.2, 0.25) is 0 Å². The third kappa shape index (κ3) is 5.93. The normalized spacial score (nSPS) is 14.0. The first-order valence-corrected chi connectivity index (χ1v) is 7.91. The van der Waals surface area contributed by atoms with E-state index in [9.17, 15) is 0 Å². The molecule has 1 fully saturated rings. The van der Waals surface area contributed by atoms with Gasteiger partial charge in [-0.2, -0.15) is 0 Å². The van der Waals surface area contributed by atoms with Gasteiger partial charge in [-0.1, -0.05) is 29.8 Å². The van der Waals surface area contributed by atoms with E-state index in [1.807, 2.05) is 36.4 Å². The first-order chi connectivity index (χ1) is 11.2. The van der Waals surface area contributed by atoms with Gasteiger partial charge in [-0.3, -0.25) is 0 Å². The summed E-state index contributed by atoms with van der Waals surface area (Å²) in [7, 11) is 3.36. The minimum absolute atomic E-state index is 0.434. The van der Waals surface area contributed by atoms with Gasteiger partial charge in [0.25, 0.3) is 0 Å². The molecule has 23 heavy (non-hydrogen) atoms. The Kier molecular flexibility index (Phi) is 6.91. The minimum Gasteiger partial charge on any atom is -0.497 e. The number of benzene rings is 2. The zero-order valence-electron chi connectivity index (χ0n) is 14.1. The number of aryl methyl sites for hydroxylation is 1. The van der Waals surface area contributed by atoms with Crippen LogP contribution in [0.15, 0.2) is 48.5 Å². The van der Waals surface area contributed by atoms with E-state index in [1.54, 1.807) is 14.2 Å². The van der Waals surface area contributed by atoms with Crippen LogP contribution in [-0.2, 0) is 6.42 Å². The molecule has 0 bridgehead atoms. The molecule has 0 spiro atoms. The molecule has 124 valence electrons. The van der Waals surface area contributed by atoms with Crippen LogP contribution in [-0.4, -0.2) is 33.5 Å². The third-order valence-corrected chi connectivity index (χ3v) is 3.76. The summed E-state index contributed by atoms with van der Waals surface area (Å²) in [4.78, 5) is 0. The Hall–Kier alpha value is -2.04. The maximum absolute atomic E-state index is 5.11. The van der Waals surface area contributed by atoms with Gasteiger partial charge in [0.2, 0.25) is 0 Å². The Morgan fingerprint density at radius 3 is 1.78 bits per heavy atom. The van der Waals surface area contributed by atoms with E-state index < -0.39 is 0 Å². The van der Waals surface area contributed by atoms with Gasteiger partial charge in [-0.05, 0) is 36.8 Å². The van der Waals surface area contributed by atoms with E-state index in [4.69, 9.17) is 9.47 Å². The lowest BCUT2D eigenvalue weighted by Crippen LogP contribution is -2.33. The molecule has 0 radical (unpaired) electrons. The highest BCUT2D eigenvalue weighted by atomic mass is 16.5. The molecule has 2 aromatic rings. The summed E-state index contributed by atoms with van der Waals surface area (Å²) in [6.07, 6.45) is 1.47. The first-order valence-electron chi connectivity index (χ1n) is 7.91. The van der Waals surface area contributed by atoms with Gasteiger partial charge in [0.15, 0.2) is 0 Å². The Bertz CT molecular complexity index is 561. The topological polar surface area (TPSA) is 42.5 Å². The fourth-order valence-corrected chi connectivity index (χ4v) is 2.38. The molecule has 0 saturated carbocycles. The molecule has 4 nitrogen and oxygen atoms in total. The quantitative estimate of drug-likeness (QED) is 0.911. The molecule has 1 heterocycles. The van der Waals surface area contributed by atoms with Crippen LogP contribution in [0.4, 0.5) is 0 Å². The average molecular weight is 314 g/mol. The average Bonchev–Trinajstić information content (AvgIpc) is 3.10. The highest BCUT2D eigenvalue weighted by molar-refractivity contribution is 5.27. The second-order valence-corrected chi connectivity index (χ2v) is 5.53. The molecule has 3 rings (SSSR count). The molecule has 2 aromatic carbocycles. The molecule has 4 heteroatoms. The van der Waals surface area contributed by atoms with Crippen molar-refractivity contribution in [2.24, 2.45) is 0 Å². The molecule has 0 amide bonds. The second-order valence-electron chi connectivity index (χ2n) is 5.53. The Balaban J connectivity index is 0.000000185. The van der Waals surface area contributed by atoms with Crippen molar-refractivity contribution in [1.82, 2.24) is 10.6 Å². The van der Waals surface area contributed by atoms with Crippen molar-refractivity contribution in [3.8, 4) is 11.5 Å². The second kappa shape index (κ2) is 9.18. The number of nitrogens with one attached hydrogen (secondary N) is 2. The lowest BCUT2D eigenvalue weighted by atomic mass is 10.1. The fraction of sp³-hybridized carbons (Fsp3) is 0.368. The van der Waals surface area contributed by atoms with Gasteiger partial charge in [-0.15, -0.1) is 0 Å². The van der Waals surface area contributed by atoms with E-state index >= 15 is 0 Å². The first kappa shape index (κ1) is 17.3. The van der Waals surface area contributed by atoms with Gasteiger partial charge in [0, 0.05) is 19.5 Å². The molecule has 1 aliphatic rings. The minimum atomic E-state index is 0.434. The molecule has 0 atom stereocenters. The molecule has 0 unspecified atom stereocenters.